The number of halogens is 2. The number of anilines is 1. The Hall–Kier alpha value is -3.08. The number of hydrogen-bond acceptors (Lipinski definition) is 7. The highest BCUT2D eigenvalue weighted by atomic mass is 35.5. The van der Waals surface area contributed by atoms with Gasteiger partial charge in [0.15, 0.2) is 11.0 Å². The Balaban J connectivity index is 1.69. The van der Waals surface area contributed by atoms with E-state index in [0.717, 1.165) is 0 Å². The molecule has 1 heterocycles. The molecule has 0 aliphatic rings. The standard InChI is InChI=1S/C27H31Cl2N5O4S/c1-5-34-24(22(13-16(3)4)31-25(36)20-12-9-18(28)14-21(20)29)32-33-27(34)39-15-23(35)30-19-10-7-17(8-11-19)26(37)38-6-2/h7-12,14,16,22H,5-6,13,15H2,1-4H3,(H,30,35)(H,31,36)/t22-/m0/s1. The number of carbonyl (C=O) groups excluding carboxylic acids is 3. The first-order valence-electron chi connectivity index (χ1n) is 12.5. The van der Waals surface area contributed by atoms with Gasteiger partial charge in [-0.1, -0.05) is 48.8 Å². The number of nitrogens with one attached hydrogen (secondary N) is 2. The SMILES string of the molecule is CCOC(=O)c1ccc(NC(=O)CSc2nnc([C@H](CC(C)C)NC(=O)c3ccc(Cl)cc3Cl)n2CC)cc1. The van der Waals surface area contributed by atoms with Crippen molar-refractivity contribution >= 4 is 58.4 Å². The molecule has 0 saturated heterocycles. The molecule has 0 spiro atoms. The fourth-order valence-corrected chi connectivity index (χ4v) is 5.11. The Morgan fingerprint density at radius 3 is 2.38 bits per heavy atom. The summed E-state index contributed by atoms with van der Waals surface area (Å²) in [6, 6.07) is 10.8. The summed E-state index contributed by atoms with van der Waals surface area (Å²) in [5.41, 5.74) is 1.29. The molecule has 0 fully saturated rings. The normalized spacial score (nSPS) is 11.8. The van der Waals surface area contributed by atoms with Gasteiger partial charge in [0.1, 0.15) is 0 Å². The van der Waals surface area contributed by atoms with E-state index in [1.807, 2.05) is 11.5 Å². The van der Waals surface area contributed by atoms with E-state index >= 15 is 0 Å². The van der Waals surface area contributed by atoms with Crippen molar-refractivity contribution in [2.24, 2.45) is 5.92 Å². The smallest absolute Gasteiger partial charge is 0.338 e. The summed E-state index contributed by atoms with van der Waals surface area (Å²) in [7, 11) is 0. The summed E-state index contributed by atoms with van der Waals surface area (Å²) >= 11 is 13.5. The van der Waals surface area contributed by atoms with Gasteiger partial charge in [0.2, 0.25) is 5.91 Å². The second-order valence-electron chi connectivity index (χ2n) is 9.00. The Bertz CT molecular complexity index is 1310. The highest BCUT2D eigenvalue weighted by Gasteiger charge is 2.25. The van der Waals surface area contributed by atoms with Crippen molar-refractivity contribution in [3.63, 3.8) is 0 Å². The van der Waals surface area contributed by atoms with Crippen molar-refractivity contribution in [3.05, 3.63) is 69.5 Å². The lowest BCUT2D eigenvalue weighted by Crippen LogP contribution is -2.31. The minimum Gasteiger partial charge on any atom is -0.462 e. The Labute approximate surface area is 242 Å². The summed E-state index contributed by atoms with van der Waals surface area (Å²) in [5.74, 6) is -0.0311. The molecule has 2 N–H and O–H groups in total. The van der Waals surface area contributed by atoms with E-state index in [1.54, 1.807) is 43.3 Å². The second-order valence-corrected chi connectivity index (χ2v) is 10.8. The molecule has 3 rings (SSSR count). The van der Waals surface area contributed by atoms with Gasteiger partial charge in [0.05, 0.1) is 34.6 Å². The summed E-state index contributed by atoms with van der Waals surface area (Å²) < 4.78 is 6.86. The monoisotopic (exact) mass is 591 g/mol. The quantitative estimate of drug-likeness (QED) is 0.195. The first-order valence-corrected chi connectivity index (χ1v) is 14.3. The van der Waals surface area contributed by atoms with Crippen LogP contribution in [0.3, 0.4) is 0 Å². The van der Waals surface area contributed by atoms with Crippen molar-refractivity contribution in [1.29, 1.82) is 0 Å². The van der Waals surface area contributed by atoms with Gasteiger partial charge in [0.25, 0.3) is 5.91 Å². The van der Waals surface area contributed by atoms with Gasteiger partial charge < -0.3 is 19.9 Å². The molecule has 9 nitrogen and oxygen atoms in total. The number of nitrogens with zero attached hydrogens (tertiary/aromatic N) is 3. The van der Waals surface area contributed by atoms with Crippen LogP contribution in [0, 0.1) is 5.92 Å². The van der Waals surface area contributed by atoms with Crippen LogP contribution in [-0.4, -0.2) is 44.9 Å². The van der Waals surface area contributed by atoms with Crippen molar-refractivity contribution in [2.45, 2.75) is 51.9 Å². The molecule has 12 heteroatoms. The number of rotatable bonds is 12. The van der Waals surface area contributed by atoms with Crippen LogP contribution < -0.4 is 10.6 Å². The number of amides is 2. The fraction of sp³-hybridized carbons (Fsp3) is 0.370. The van der Waals surface area contributed by atoms with Crippen LogP contribution in [-0.2, 0) is 16.1 Å². The molecule has 0 saturated carbocycles. The fourth-order valence-electron chi connectivity index (χ4n) is 3.80. The third-order valence-corrected chi connectivity index (χ3v) is 7.09. The molecular formula is C27H31Cl2N5O4S. The molecule has 2 aromatic carbocycles. The maximum absolute atomic E-state index is 13.0. The molecule has 39 heavy (non-hydrogen) atoms. The third-order valence-electron chi connectivity index (χ3n) is 5.57. The third kappa shape index (κ3) is 8.45. The van der Waals surface area contributed by atoms with Gasteiger partial charge in [0, 0.05) is 17.3 Å². The number of aromatic nitrogens is 3. The lowest BCUT2D eigenvalue weighted by atomic mass is 10.0. The maximum atomic E-state index is 13.0. The molecule has 2 amide bonds. The second kappa shape index (κ2) is 14.3. The summed E-state index contributed by atoms with van der Waals surface area (Å²) in [6.45, 7) is 8.64. The van der Waals surface area contributed by atoms with Crippen LogP contribution in [0.5, 0.6) is 0 Å². The van der Waals surface area contributed by atoms with E-state index in [0.29, 0.717) is 52.4 Å². The number of hydrogen-bond donors (Lipinski definition) is 2. The zero-order valence-electron chi connectivity index (χ0n) is 22.2. The lowest BCUT2D eigenvalue weighted by molar-refractivity contribution is -0.113. The van der Waals surface area contributed by atoms with Crippen LogP contribution >= 0.6 is 35.0 Å². The van der Waals surface area contributed by atoms with E-state index in [1.165, 1.54) is 17.8 Å². The minimum absolute atomic E-state index is 0.0966. The van der Waals surface area contributed by atoms with E-state index in [2.05, 4.69) is 34.7 Å². The van der Waals surface area contributed by atoms with E-state index in [9.17, 15) is 14.4 Å². The topological polar surface area (TPSA) is 115 Å². The molecule has 1 aromatic heterocycles. The van der Waals surface area contributed by atoms with Crippen molar-refractivity contribution in [2.75, 3.05) is 17.7 Å². The minimum atomic E-state index is -0.419. The number of ether oxygens (including phenoxy) is 1. The zero-order valence-corrected chi connectivity index (χ0v) is 24.5. The van der Waals surface area contributed by atoms with E-state index in [-0.39, 0.29) is 28.5 Å². The predicted octanol–water partition coefficient (Wildman–Crippen LogP) is 6.03. The van der Waals surface area contributed by atoms with Gasteiger partial charge in [-0.2, -0.15) is 0 Å². The van der Waals surface area contributed by atoms with Crippen LogP contribution in [0.4, 0.5) is 5.69 Å². The highest BCUT2D eigenvalue weighted by molar-refractivity contribution is 7.99. The molecular weight excluding hydrogens is 561 g/mol. The number of thioether (sulfide) groups is 1. The van der Waals surface area contributed by atoms with E-state index in [4.69, 9.17) is 27.9 Å². The van der Waals surface area contributed by atoms with Crippen LogP contribution in [0.2, 0.25) is 10.0 Å². The molecule has 0 aliphatic heterocycles. The highest BCUT2D eigenvalue weighted by Crippen LogP contribution is 2.27. The molecule has 0 bridgehead atoms. The van der Waals surface area contributed by atoms with Crippen LogP contribution in [0.25, 0.3) is 0 Å². The number of benzene rings is 2. The average molecular weight is 593 g/mol. The summed E-state index contributed by atoms with van der Waals surface area (Å²) in [6.07, 6.45) is 0.627. The Morgan fingerprint density at radius 2 is 1.77 bits per heavy atom. The van der Waals surface area contributed by atoms with Crippen molar-refractivity contribution in [3.8, 4) is 0 Å². The lowest BCUT2D eigenvalue weighted by Gasteiger charge is -2.21. The van der Waals surface area contributed by atoms with Gasteiger partial charge in [-0.05, 0) is 68.7 Å². The van der Waals surface area contributed by atoms with Crippen LogP contribution in [0.1, 0.15) is 66.7 Å². The van der Waals surface area contributed by atoms with Gasteiger partial charge in [-0.15, -0.1) is 10.2 Å². The number of carbonyl (C=O) groups is 3. The maximum Gasteiger partial charge on any atom is 0.338 e. The van der Waals surface area contributed by atoms with Gasteiger partial charge in [-0.3, -0.25) is 9.59 Å². The first-order chi connectivity index (χ1) is 18.6. The molecule has 0 unspecified atom stereocenters. The molecule has 0 radical (unpaired) electrons. The summed E-state index contributed by atoms with van der Waals surface area (Å²) in [5, 5.41) is 15.8. The molecule has 1 atom stereocenters. The van der Waals surface area contributed by atoms with Crippen LogP contribution in [0.15, 0.2) is 47.6 Å². The zero-order chi connectivity index (χ0) is 28.5. The largest absolute Gasteiger partial charge is 0.462 e. The van der Waals surface area contributed by atoms with Crippen molar-refractivity contribution < 1.29 is 19.1 Å². The van der Waals surface area contributed by atoms with E-state index < -0.39 is 12.0 Å². The number of esters is 1. The van der Waals surface area contributed by atoms with Crippen molar-refractivity contribution in [1.82, 2.24) is 20.1 Å². The Morgan fingerprint density at radius 1 is 1.05 bits per heavy atom. The van der Waals surface area contributed by atoms with Gasteiger partial charge >= 0.3 is 5.97 Å². The average Bonchev–Trinajstić information content (AvgIpc) is 3.30. The molecule has 0 aliphatic carbocycles. The molecule has 3 aromatic rings. The molecule has 208 valence electrons. The Kier molecular flexibility index (Phi) is 11.2. The van der Waals surface area contributed by atoms with Gasteiger partial charge in [-0.25, -0.2) is 4.79 Å². The predicted molar refractivity (Wildman–Crippen MR) is 154 cm³/mol. The first kappa shape index (κ1) is 30.5. The summed E-state index contributed by atoms with van der Waals surface area (Å²) in [4.78, 5) is 37.4.